The second-order valence-electron chi connectivity index (χ2n) is 7.07. The van der Waals surface area contributed by atoms with Crippen molar-refractivity contribution in [2.75, 3.05) is 13.1 Å². The topological polar surface area (TPSA) is 29.3 Å². The van der Waals surface area contributed by atoms with E-state index in [-0.39, 0.29) is 0 Å². The van der Waals surface area contributed by atoms with Crippen molar-refractivity contribution in [3.8, 4) is 0 Å². The van der Waals surface area contributed by atoms with Crippen molar-refractivity contribution in [1.82, 2.24) is 4.90 Å². The first-order valence-electron chi connectivity index (χ1n) is 9.39. The van der Waals surface area contributed by atoms with Gasteiger partial charge in [-0.15, -0.1) is 0 Å². The van der Waals surface area contributed by atoms with E-state index in [1.807, 2.05) is 0 Å². The van der Waals surface area contributed by atoms with Gasteiger partial charge in [0, 0.05) is 19.1 Å². The van der Waals surface area contributed by atoms with Gasteiger partial charge in [-0.05, 0) is 29.9 Å². The molecule has 2 nitrogen and oxygen atoms in total. The van der Waals surface area contributed by atoms with E-state index in [0.29, 0.717) is 18.0 Å². The fourth-order valence-corrected chi connectivity index (χ4v) is 3.97. The normalized spacial score (nSPS) is 22.0. The van der Waals surface area contributed by atoms with Crippen LogP contribution in [0.15, 0.2) is 60.7 Å². The summed E-state index contributed by atoms with van der Waals surface area (Å²) in [6, 6.07) is 22.5. The molecular formula is C22H30N2. The van der Waals surface area contributed by atoms with Crippen LogP contribution in [0.1, 0.15) is 49.8 Å². The molecule has 2 aromatic carbocycles. The van der Waals surface area contributed by atoms with Crippen LogP contribution in [0.25, 0.3) is 0 Å². The molecule has 0 aromatic heterocycles. The molecule has 1 aliphatic heterocycles. The van der Waals surface area contributed by atoms with Gasteiger partial charge in [-0.2, -0.15) is 0 Å². The lowest BCUT2D eigenvalue weighted by Crippen LogP contribution is -2.48. The van der Waals surface area contributed by atoms with E-state index in [1.165, 1.54) is 30.4 Å². The highest BCUT2D eigenvalue weighted by atomic mass is 15.2. The Hall–Kier alpha value is -1.64. The summed E-state index contributed by atoms with van der Waals surface area (Å²) in [5.41, 5.74) is 9.20. The number of piperidine rings is 1. The van der Waals surface area contributed by atoms with Crippen LogP contribution in [-0.2, 0) is 0 Å². The molecule has 0 saturated carbocycles. The zero-order chi connectivity index (χ0) is 16.8. The SMILES string of the molecule is CCCC[C@@H]1CN(C(c2ccccc2)c2ccccc2)CC[C@H]1N. The molecule has 0 amide bonds. The van der Waals surface area contributed by atoms with Crippen LogP contribution >= 0.6 is 0 Å². The average Bonchev–Trinajstić information content (AvgIpc) is 2.64. The highest BCUT2D eigenvalue weighted by Gasteiger charge is 2.31. The van der Waals surface area contributed by atoms with E-state index in [9.17, 15) is 0 Å². The first-order valence-corrected chi connectivity index (χ1v) is 9.39. The summed E-state index contributed by atoms with van der Waals surface area (Å²) in [7, 11) is 0. The van der Waals surface area contributed by atoms with E-state index in [4.69, 9.17) is 5.73 Å². The third kappa shape index (κ3) is 4.06. The Morgan fingerprint density at radius 1 is 1.00 bits per heavy atom. The molecule has 1 heterocycles. The van der Waals surface area contributed by atoms with Crippen molar-refractivity contribution in [2.24, 2.45) is 11.7 Å². The van der Waals surface area contributed by atoms with Crippen molar-refractivity contribution in [1.29, 1.82) is 0 Å². The number of benzene rings is 2. The lowest BCUT2D eigenvalue weighted by atomic mass is 9.86. The average molecular weight is 322 g/mol. The highest BCUT2D eigenvalue weighted by molar-refractivity contribution is 5.32. The van der Waals surface area contributed by atoms with Gasteiger partial charge < -0.3 is 5.73 Å². The van der Waals surface area contributed by atoms with Gasteiger partial charge in [0.2, 0.25) is 0 Å². The largest absolute Gasteiger partial charge is 0.327 e. The van der Waals surface area contributed by atoms with E-state index in [0.717, 1.165) is 19.5 Å². The second-order valence-corrected chi connectivity index (χ2v) is 7.07. The minimum atomic E-state index is 0.337. The standard InChI is InChI=1S/C22H30N2/c1-2-3-10-20-17-24(16-15-21(20)23)22(18-11-6-4-7-12-18)19-13-8-5-9-14-19/h4-9,11-14,20-22H,2-3,10,15-17,23H2,1H3/t20-,21-/m1/s1. The number of likely N-dealkylation sites (tertiary alicyclic amines) is 1. The molecule has 1 saturated heterocycles. The maximum Gasteiger partial charge on any atom is 0.0601 e. The number of unbranched alkanes of at least 4 members (excludes halogenated alkanes) is 1. The Labute approximate surface area is 146 Å². The van der Waals surface area contributed by atoms with Crippen LogP contribution in [0.2, 0.25) is 0 Å². The molecule has 2 heteroatoms. The number of hydrogen-bond donors (Lipinski definition) is 1. The summed E-state index contributed by atoms with van der Waals surface area (Å²) in [5.74, 6) is 0.619. The van der Waals surface area contributed by atoms with Crippen LogP contribution in [0.3, 0.4) is 0 Å². The molecule has 2 atom stereocenters. The van der Waals surface area contributed by atoms with Crippen molar-refractivity contribution in [3.63, 3.8) is 0 Å². The lowest BCUT2D eigenvalue weighted by molar-refractivity contribution is 0.119. The minimum Gasteiger partial charge on any atom is -0.327 e. The summed E-state index contributed by atoms with van der Waals surface area (Å²) in [6.45, 7) is 4.46. The summed E-state index contributed by atoms with van der Waals surface area (Å²) >= 11 is 0. The predicted molar refractivity (Wildman–Crippen MR) is 102 cm³/mol. The number of rotatable bonds is 6. The minimum absolute atomic E-state index is 0.337. The zero-order valence-electron chi connectivity index (χ0n) is 14.8. The number of nitrogens with two attached hydrogens (primary N) is 1. The van der Waals surface area contributed by atoms with E-state index in [2.05, 4.69) is 72.5 Å². The Balaban J connectivity index is 1.86. The van der Waals surface area contributed by atoms with Crippen LogP contribution in [0, 0.1) is 5.92 Å². The van der Waals surface area contributed by atoms with Gasteiger partial charge in [-0.25, -0.2) is 0 Å². The first kappa shape index (κ1) is 17.2. The van der Waals surface area contributed by atoms with Crippen LogP contribution < -0.4 is 5.73 Å². The molecular weight excluding hydrogens is 292 g/mol. The number of hydrogen-bond acceptors (Lipinski definition) is 2. The van der Waals surface area contributed by atoms with E-state index in [1.54, 1.807) is 0 Å². The molecule has 3 rings (SSSR count). The molecule has 0 unspecified atom stereocenters. The fraction of sp³-hybridized carbons (Fsp3) is 0.455. The van der Waals surface area contributed by atoms with Gasteiger partial charge in [-0.1, -0.05) is 80.4 Å². The Bertz CT molecular complexity index is 556. The molecule has 2 aromatic rings. The molecule has 0 spiro atoms. The second kappa shape index (κ2) is 8.46. The summed E-state index contributed by atoms with van der Waals surface area (Å²) in [4.78, 5) is 2.65. The van der Waals surface area contributed by atoms with Gasteiger partial charge in [0.15, 0.2) is 0 Å². The Kier molecular flexibility index (Phi) is 6.06. The van der Waals surface area contributed by atoms with Gasteiger partial charge in [0.1, 0.15) is 0 Å². The zero-order valence-corrected chi connectivity index (χ0v) is 14.8. The summed E-state index contributed by atoms with van der Waals surface area (Å²) in [5, 5.41) is 0. The lowest BCUT2D eigenvalue weighted by Gasteiger charge is -2.41. The van der Waals surface area contributed by atoms with Gasteiger partial charge in [0.05, 0.1) is 6.04 Å². The molecule has 0 aliphatic carbocycles. The fourth-order valence-electron chi connectivity index (χ4n) is 3.97. The molecule has 128 valence electrons. The number of nitrogens with zero attached hydrogens (tertiary/aromatic N) is 1. The molecule has 0 bridgehead atoms. The summed E-state index contributed by atoms with van der Waals surface area (Å²) < 4.78 is 0. The van der Waals surface area contributed by atoms with Crippen LogP contribution in [0.4, 0.5) is 0 Å². The van der Waals surface area contributed by atoms with Crippen molar-refractivity contribution < 1.29 is 0 Å². The Morgan fingerprint density at radius 3 is 2.12 bits per heavy atom. The molecule has 1 aliphatic rings. The van der Waals surface area contributed by atoms with Crippen molar-refractivity contribution >= 4 is 0 Å². The van der Waals surface area contributed by atoms with E-state index >= 15 is 0 Å². The third-order valence-corrected chi connectivity index (χ3v) is 5.35. The first-order chi connectivity index (χ1) is 11.8. The monoisotopic (exact) mass is 322 g/mol. The van der Waals surface area contributed by atoms with Crippen LogP contribution in [-0.4, -0.2) is 24.0 Å². The molecule has 1 fully saturated rings. The smallest absolute Gasteiger partial charge is 0.0601 e. The van der Waals surface area contributed by atoms with Crippen LogP contribution in [0.5, 0.6) is 0 Å². The third-order valence-electron chi connectivity index (χ3n) is 5.35. The molecule has 24 heavy (non-hydrogen) atoms. The van der Waals surface area contributed by atoms with Crippen molar-refractivity contribution in [3.05, 3.63) is 71.8 Å². The van der Waals surface area contributed by atoms with Crippen molar-refractivity contribution in [2.45, 2.75) is 44.7 Å². The maximum atomic E-state index is 6.43. The predicted octanol–water partition coefficient (Wildman–Crippen LogP) is 4.62. The van der Waals surface area contributed by atoms with E-state index < -0.39 is 0 Å². The quantitative estimate of drug-likeness (QED) is 0.841. The molecule has 0 radical (unpaired) electrons. The van der Waals surface area contributed by atoms with Gasteiger partial charge >= 0.3 is 0 Å². The Morgan fingerprint density at radius 2 is 1.58 bits per heavy atom. The summed E-state index contributed by atoms with van der Waals surface area (Å²) in [6.07, 6.45) is 4.90. The van der Waals surface area contributed by atoms with Gasteiger partial charge in [-0.3, -0.25) is 4.90 Å². The molecule has 2 N–H and O–H groups in total. The van der Waals surface area contributed by atoms with Gasteiger partial charge in [0.25, 0.3) is 0 Å². The highest BCUT2D eigenvalue weighted by Crippen LogP contribution is 2.33. The maximum absolute atomic E-state index is 6.43.